The van der Waals surface area contributed by atoms with E-state index < -0.39 is 23.1 Å². The smallest absolute Gasteiger partial charge is 0.265 e. The maximum atomic E-state index is 12.3. The van der Waals surface area contributed by atoms with Gasteiger partial charge in [0, 0.05) is 12.7 Å². The number of hydrazine groups is 1. The number of ketones is 1. The number of benzene rings is 1. The largest absolute Gasteiger partial charge is 0.515 e. The van der Waals surface area contributed by atoms with E-state index in [2.05, 4.69) is 5.10 Å². The molecular weight excluding hydrogens is 274 g/mol. The van der Waals surface area contributed by atoms with Crippen molar-refractivity contribution >= 4 is 23.2 Å². The highest BCUT2D eigenvalue weighted by Crippen LogP contribution is 2.19. The molecule has 21 heavy (non-hydrogen) atoms. The van der Waals surface area contributed by atoms with E-state index in [-0.39, 0.29) is 0 Å². The Morgan fingerprint density at radius 1 is 1.38 bits per heavy atom. The van der Waals surface area contributed by atoms with E-state index in [0.29, 0.717) is 11.9 Å². The van der Waals surface area contributed by atoms with E-state index in [4.69, 9.17) is 11.7 Å². The summed E-state index contributed by atoms with van der Waals surface area (Å²) in [4.78, 5) is 25.5. The fourth-order valence-corrected chi connectivity index (χ4v) is 1.73. The summed E-state index contributed by atoms with van der Waals surface area (Å²) in [6.07, 6.45) is 0.405. The highest BCUT2D eigenvalue weighted by Gasteiger charge is 2.27. The number of Topliss-reactive ketones (excluding diaryl/α,β-unsaturated/α-hetero) is 1. The second kappa shape index (κ2) is 7.06. The molecule has 0 saturated heterocycles. The van der Waals surface area contributed by atoms with Crippen LogP contribution in [0.25, 0.3) is 0 Å². The summed E-state index contributed by atoms with van der Waals surface area (Å²) >= 11 is 0. The molecule has 1 aromatic rings. The normalized spacial score (nSPS) is 12.0. The Kier molecular flexibility index (Phi) is 5.44. The van der Waals surface area contributed by atoms with Gasteiger partial charge in [0.25, 0.3) is 5.91 Å². The molecular formula is C13H17N5O3. The van der Waals surface area contributed by atoms with Crippen molar-refractivity contribution < 1.29 is 14.7 Å². The zero-order valence-corrected chi connectivity index (χ0v) is 11.7. The first-order valence-electron chi connectivity index (χ1n) is 5.95. The number of amidine groups is 1. The lowest BCUT2D eigenvalue weighted by Crippen LogP contribution is -2.42. The van der Waals surface area contributed by atoms with Gasteiger partial charge in [-0.1, -0.05) is 18.2 Å². The van der Waals surface area contributed by atoms with Gasteiger partial charge in [-0.05, 0) is 18.6 Å². The average molecular weight is 291 g/mol. The molecule has 1 aromatic carbocycles. The summed E-state index contributed by atoms with van der Waals surface area (Å²) in [6, 6.07) is 7.11. The summed E-state index contributed by atoms with van der Waals surface area (Å²) in [5.74, 6) is 7.99. The number of para-hydroxylation sites is 1. The molecule has 0 aliphatic rings. The molecule has 0 aliphatic heterocycles. The number of hydrogen-bond donors (Lipinski definition) is 4. The summed E-state index contributed by atoms with van der Waals surface area (Å²) in [7, 11) is 1.48. The minimum Gasteiger partial charge on any atom is -0.515 e. The number of hydrogen-bond acceptors (Lipinski definition) is 6. The van der Waals surface area contributed by atoms with Gasteiger partial charge in [-0.25, -0.2) is 5.84 Å². The van der Waals surface area contributed by atoms with Crippen molar-refractivity contribution in [3.8, 4) is 0 Å². The molecule has 0 fully saturated rings. The van der Waals surface area contributed by atoms with Gasteiger partial charge in [0.1, 0.15) is 5.57 Å². The highest BCUT2D eigenvalue weighted by molar-refractivity contribution is 6.51. The van der Waals surface area contributed by atoms with E-state index in [1.165, 1.54) is 11.9 Å². The van der Waals surface area contributed by atoms with Crippen LogP contribution < -0.4 is 22.0 Å². The maximum Gasteiger partial charge on any atom is 0.265 e. The number of carbonyl (C=O) groups is 2. The van der Waals surface area contributed by atoms with Crippen molar-refractivity contribution in [3.63, 3.8) is 0 Å². The minimum absolute atomic E-state index is 0.405. The quantitative estimate of drug-likeness (QED) is 0.0879. The molecule has 8 nitrogen and oxygen atoms in total. The minimum atomic E-state index is -0.909. The summed E-state index contributed by atoms with van der Waals surface area (Å²) in [5, 5.41) is 12.3. The van der Waals surface area contributed by atoms with Gasteiger partial charge in [-0.2, -0.15) is 5.10 Å². The molecule has 0 atom stereocenters. The molecule has 6 N–H and O–H groups in total. The highest BCUT2D eigenvalue weighted by atomic mass is 16.2. The topological polar surface area (TPSA) is 134 Å². The summed E-state index contributed by atoms with van der Waals surface area (Å²) in [5.41, 5.74) is 2.89. The third kappa shape index (κ3) is 3.37. The standard InChI is InChI=1S/C13H17N5O3/c1-8-5-3-4-6-10(8)18(2)13(21)9(7-19)11(20)12(16-14)17-15/h3-7,19H,14-15H2,1-2H3,(H,16,17)/b9-7+. The van der Waals surface area contributed by atoms with Crippen LogP contribution in [0.5, 0.6) is 0 Å². The van der Waals surface area contributed by atoms with E-state index in [1.54, 1.807) is 12.1 Å². The number of aliphatic hydroxyl groups is 1. The number of amides is 1. The Balaban J connectivity index is 3.11. The van der Waals surface area contributed by atoms with Crippen molar-refractivity contribution in [1.82, 2.24) is 5.43 Å². The molecule has 0 aliphatic carbocycles. The molecule has 0 unspecified atom stereocenters. The lowest BCUT2D eigenvalue weighted by atomic mass is 10.1. The molecule has 112 valence electrons. The van der Waals surface area contributed by atoms with Gasteiger partial charge in [0.15, 0.2) is 0 Å². The predicted molar refractivity (Wildman–Crippen MR) is 79.3 cm³/mol. The third-order valence-corrected chi connectivity index (χ3v) is 2.87. The average Bonchev–Trinajstić information content (AvgIpc) is 2.49. The molecule has 0 saturated carbocycles. The van der Waals surface area contributed by atoms with Crippen LogP contribution in [0.3, 0.4) is 0 Å². The third-order valence-electron chi connectivity index (χ3n) is 2.87. The number of rotatable bonds is 4. The molecule has 8 heteroatoms. The number of anilines is 1. The molecule has 0 bridgehead atoms. The van der Waals surface area contributed by atoms with Crippen LogP contribution >= 0.6 is 0 Å². The first-order chi connectivity index (χ1) is 9.97. The Labute approximate surface area is 121 Å². The van der Waals surface area contributed by atoms with Gasteiger partial charge in [-0.15, -0.1) is 0 Å². The van der Waals surface area contributed by atoms with Crippen LogP contribution in [0.15, 0.2) is 41.2 Å². The van der Waals surface area contributed by atoms with Crippen molar-refractivity contribution in [3.05, 3.63) is 41.7 Å². The number of nitrogens with zero attached hydrogens (tertiary/aromatic N) is 2. The van der Waals surface area contributed by atoms with Gasteiger partial charge >= 0.3 is 0 Å². The fraction of sp³-hybridized carbons (Fsp3) is 0.154. The SMILES string of the molecule is Cc1ccccc1N(C)C(=O)/C(=C/O)C(=O)/C(=N/N)NN. The van der Waals surface area contributed by atoms with Gasteiger partial charge in [0.05, 0.1) is 6.26 Å². The zero-order valence-electron chi connectivity index (χ0n) is 11.7. The number of hydrazone groups is 1. The van der Waals surface area contributed by atoms with E-state index in [9.17, 15) is 14.7 Å². The van der Waals surface area contributed by atoms with Crippen molar-refractivity contribution in [2.45, 2.75) is 6.92 Å². The molecule has 1 amide bonds. The monoisotopic (exact) mass is 291 g/mol. The summed E-state index contributed by atoms with van der Waals surface area (Å²) < 4.78 is 0. The van der Waals surface area contributed by atoms with E-state index in [1.807, 2.05) is 24.5 Å². The molecule has 0 spiro atoms. The first kappa shape index (κ1) is 16.2. The van der Waals surface area contributed by atoms with Crippen molar-refractivity contribution in [2.75, 3.05) is 11.9 Å². The van der Waals surface area contributed by atoms with Crippen molar-refractivity contribution in [2.24, 2.45) is 16.8 Å². The summed E-state index contributed by atoms with van der Waals surface area (Å²) in [6.45, 7) is 1.82. The van der Waals surface area contributed by atoms with Crippen molar-refractivity contribution in [1.29, 1.82) is 0 Å². The second-order valence-electron chi connectivity index (χ2n) is 4.14. The van der Waals surface area contributed by atoms with Crippen LogP contribution in [-0.4, -0.2) is 29.7 Å². The molecule has 0 radical (unpaired) electrons. The molecule has 0 aromatic heterocycles. The lowest BCUT2D eigenvalue weighted by Gasteiger charge is -2.20. The number of nitrogens with two attached hydrogens (primary N) is 2. The maximum absolute atomic E-state index is 12.3. The van der Waals surface area contributed by atoms with Crippen LogP contribution in [0.4, 0.5) is 5.69 Å². The van der Waals surface area contributed by atoms with E-state index in [0.717, 1.165) is 5.56 Å². The first-order valence-corrected chi connectivity index (χ1v) is 5.95. The number of carbonyl (C=O) groups excluding carboxylic acids is 2. The Bertz CT molecular complexity index is 610. The Morgan fingerprint density at radius 2 is 2.00 bits per heavy atom. The number of nitrogens with one attached hydrogen (secondary N) is 1. The number of aliphatic hydroxyl groups excluding tert-OH is 1. The molecule has 1 rings (SSSR count). The van der Waals surface area contributed by atoms with Gasteiger partial charge < -0.3 is 21.3 Å². The van der Waals surface area contributed by atoms with E-state index >= 15 is 0 Å². The number of aryl methyl sites for hydroxylation is 1. The number of likely N-dealkylation sites (N-methyl/N-ethyl adjacent to an activating group) is 1. The van der Waals surface area contributed by atoms with Gasteiger partial charge in [-0.3, -0.25) is 9.59 Å². The fourth-order valence-electron chi connectivity index (χ4n) is 1.73. The zero-order chi connectivity index (χ0) is 16.0. The van der Waals surface area contributed by atoms with Crippen LogP contribution in [0.1, 0.15) is 5.56 Å². The van der Waals surface area contributed by atoms with Crippen LogP contribution in [0.2, 0.25) is 0 Å². The Hall–Kier alpha value is -2.87. The molecule has 0 heterocycles. The Morgan fingerprint density at radius 3 is 2.48 bits per heavy atom. The van der Waals surface area contributed by atoms with Gasteiger partial charge in [0.2, 0.25) is 11.6 Å². The van der Waals surface area contributed by atoms with Crippen LogP contribution in [-0.2, 0) is 9.59 Å². The lowest BCUT2D eigenvalue weighted by molar-refractivity contribution is -0.118. The van der Waals surface area contributed by atoms with Crippen LogP contribution in [0, 0.1) is 6.92 Å². The second-order valence-corrected chi connectivity index (χ2v) is 4.14. The predicted octanol–water partition coefficient (Wildman–Crippen LogP) is -0.296.